The molecule has 0 fully saturated rings. The molecular formula is C12H14FNO2. The third kappa shape index (κ3) is 3.61. The van der Waals surface area contributed by atoms with Gasteiger partial charge < -0.3 is 9.47 Å². The monoisotopic (exact) mass is 223 g/mol. The van der Waals surface area contributed by atoms with Crippen molar-refractivity contribution in [3.8, 4) is 6.07 Å². The topological polar surface area (TPSA) is 42.2 Å². The number of hydrogen-bond acceptors (Lipinski definition) is 3. The number of halogens is 1. The minimum absolute atomic E-state index is 0.0471. The standard InChI is InChI=1S/C12H14FNO2/c1-2-15-6-7-16-9-11-5-3-4-10(8-14)12(11)13/h3-5H,2,6-7,9H2,1H3. The van der Waals surface area contributed by atoms with E-state index in [0.717, 1.165) is 0 Å². The molecule has 4 heteroatoms. The molecule has 0 aliphatic rings. The SMILES string of the molecule is CCOCCOCc1cccc(C#N)c1F. The van der Waals surface area contributed by atoms with Crippen molar-refractivity contribution in [3.05, 3.63) is 35.1 Å². The van der Waals surface area contributed by atoms with Gasteiger partial charge in [0, 0.05) is 12.2 Å². The zero-order valence-corrected chi connectivity index (χ0v) is 9.20. The molecule has 0 aliphatic heterocycles. The summed E-state index contributed by atoms with van der Waals surface area (Å²) in [6.45, 7) is 3.62. The summed E-state index contributed by atoms with van der Waals surface area (Å²) in [5.74, 6) is -0.499. The van der Waals surface area contributed by atoms with Crippen LogP contribution in [-0.4, -0.2) is 19.8 Å². The molecular weight excluding hydrogens is 209 g/mol. The number of nitriles is 1. The van der Waals surface area contributed by atoms with Crippen LogP contribution in [0.15, 0.2) is 18.2 Å². The van der Waals surface area contributed by atoms with E-state index >= 15 is 0 Å². The van der Waals surface area contributed by atoms with Crippen LogP contribution in [0.25, 0.3) is 0 Å². The van der Waals surface area contributed by atoms with Crippen molar-refractivity contribution in [2.45, 2.75) is 13.5 Å². The van der Waals surface area contributed by atoms with E-state index < -0.39 is 5.82 Å². The summed E-state index contributed by atoms with van der Waals surface area (Å²) in [6.07, 6.45) is 0. The average molecular weight is 223 g/mol. The molecule has 0 N–H and O–H groups in total. The molecule has 0 atom stereocenters. The van der Waals surface area contributed by atoms with Gasteiger partial charge in [0.15, 0.2) is 0 Å². The lowest BCUT2D eigenvalue weighted by molar-refractivity contribution is 0.0443. The maximum Gasteiger partial charge on any atom is 0.146 e. The Morgan fingerprint density at radius 1 is 1.31 bits per heavy atom. The van der Waals surface area contributed by atoms with Gasteiger partial charge in [0.1, 0.15) is 11.9 Å². The molecule has 1 aromatic carbocycles. The molecule has 3 nitrogen and oxygen atoms in total. The Bertz CT molecular complexity index is 374. The Balaban J connectivity index is 2.45. The summed E-state index contributed by atoms with van der Waals surface area (Å²) in [4.78, 5) is 0. The first kappa shape index (κ1) is 12.6. The summed E-state index contributed by atoms with van der Waals surface area (Å²) < 4.78 is 23.8. The lowest BCUT2D eigenvalue weighted by atomic mass is 10.1. The molecule has 0 amide bonds. The van der Waals surface area contributed by atoms with Crippen LogP contribution in [0.5, 0.6) is 0 Å². The number of rotatable bonds is 6. The van der Waals surface area contributed by atoms with Gasteiger partial charge in [0.2, 0.25) is 0 Å². The van der Waals surface area contributed by atoms with Gasteiger partial charge in [-0.25, -0.2) is 4.39 Å². The highest BCUT2D eigenvalue weighted by atomic mass is 19.1. The molecule has 86 valence electrons. The lowest BCUT2D eigenvalue weighted by Gasteiger charge is -2.06. The van der Waals surface area contributed by atoms with Crippen LogP contribution in [0.3, 0.4) is 0 Å². The van der Waals surface area contributed by atoms with Gasteiger partial charge in [0.25, 0.3) is 0 Å². The molecule has 0 aromatic heterocycles. The van der Waals surface area contributed by atoms with E-state index in [0.29, 0.717) is 25.4 Å². The van der Waals surface area contributed by atoms with Crippen LogP contribution in [0.4, 0.5) is 4.39 Å². The van der Waals surface area contributed by atoms with Gasteiger partial charge in [-0.3, -0.25) is 0 Å². The normalized spacial score (nSPS) is 10.1. The highest BCUT2D eigenvalue weighted by Crippen LogP contribution is 2.12. The van der Waals surface area contributed by atoms with E-state index in [2.05, 4.69) is 0 Å². The van der Waals surface area contributed by atoms with Gasteiger partial charge >= 0.3 is 0 Å². The molecule has 0 bridgehead atoms. The van der Waals surface area contributed by atoms with Gasteiger partial charge in [-0.15, -0.1) is 0 Å². The van der Waals surface area contributed by atoms with E-state index in [1.54, 1.807) is 18.2 Å². The highest BCUT2D eigenvalue weighted by Gasteiger charge is 2.06. The van der Waals surface area contributed by atoms with Crippen LogP contribution in [-0.2, 0) is 16.1 Å². The first-order valence-electron chi connectivity index (χ1n) is 5.12. The summed E-state index contributed by atoms with van der Waals surface area (Å²) in [5, 5.41) is 8.63. The fourth-order valence-corrected chi connectivity index (χ4v) is 1.22. The number of benzene rings is 1. The predicted molar refractivity (Wildman–Crippen MR) is 57.3 cm³/mol. The Labute approximate surface area is 94.4 Å². The number of hydrogen-bond donors (Lipinski definition) is 0. The smallest absolute Gasteiger partial charge is 0.146 e. The van der Waals surface area contributed by atoms with Crippen molar-refractivity contribution in [1.82, 2.24) is 0 Å². The molecule has 0 radical (unpaired) electrons. The average Bonchev–Trinajstić information content (AvgIpc) is 2.31. The fourth-order valence-electron chi connectivity index (χ4n) is 1.22. The summed E-state index contributed by atoms with van der Waals surface area (Å²) in [7, 11) is 0. The molecule has 0 heterocycles. The summed E-state index contributed by atoms with van der Waals surface area (Å²) >= 11 is 0. The molecule has 1 rings (SSSR count). The number of nitrogens with zero attached hydrogens (tertiary/aromatic N) is 1. The van der Waals surface area contributed by atoms with Crippen molar-refractivity contribution >= 4 is 0 Å². The maximum absolute atomic E-state index is 13.5. The minimum Gasteiger partial charge on any atom is -0.379 e. The second kappa shape index (κ2) is 6.94. The van der Waals surface area contributed by atoms with Crippen molar-refractivity contribution in [2.24, 2.45) is 0 Å². The van der Waals surface area contributed by atoms with Crippen molar-refractivity contribution in [3.63, 3.8) is 0 Å². The second-order valence-electron chi connectivity index (χ2n) is 3.14. The maximum atomic E-state index is 13.5. The Hall–Kier alpha value is -1.44. The van der Waals surface area contributed by atoms with E-state index in [-0.39, 0.29) is 12.2 Å². The third-order valence-electron chi connectivity index (χ3n) is 2.03. The molecule has 0 saturated heterocycles. The fraction of sp³-hybridized carbons (Fsp3) is 0.417. The molecule has 0 unspecified atom stereocenters. The Morgan fingerprint density at radius 3 is 2.75 bits per heavy atom. The second-order valence-corrected chi connectivity index (χ2v) is 3.14. The van der Waals surface area contributed by atoms with E-state index in [9.17, 15) is 4.39 Å². The van der Waals surface area contributed by atoms with Crippen LogP contribution in [0.1, 0.15) is 18.1 Å². The van der Waals surface area contributed by atoms with Crippen molar-refractivity contribution < 1.29 is 13.9 Å². The van der Waals surface area contributed by atoms with Gasteiger partial charge in [-0.1, -0.05) is 12.1 Å². The van der Waals surface area contributed by atoms with Gasteiger partial charge in [0.05, 0.1) is 25.4 Å². The first-order chi connectivity index (χ1) is 7.79. The molecule has 0 spiro atoms. The van der Waals surface area contributed by atoms with Crippen LogP contribution >= 0.6 is 0 Å². The van der Waals surface area contributed by atoms with Crippen LogP contribution in [0.2, 0.25) is 0 Å². The quantitative estimate of drug-likeness (QED) is 0.694. The highest BCUT2D eigenvalue weighted by molar-refractivity contribution is 5.34. The molecule has 1 aromatic rings. The van der Waals surface area contributed by atoms with Gasteiger partial charge in [-0.2, -0.15) is 5.26 Å². The van der Waals surface area contributed by atoms with E-state index in [4.69, 9.17) is 14.7 Å². The molecule has 16 heavy (non-hydrogen) atoms. The summed E-state index contributed by atoms with van der Waals surface area (Å²) in [5.41, 5.74) is 0.446. The molecule has 0 saturated carbocycles. The Kier molecular flexibility index (Phi) is 5.48. The van der Waals surface area contributed by atoms with Crippen LogP contribution < -0.4 is 0 Å². The van der Waals surface area contributed by atoms with Crippen molar-refractivity contribution in [1.29, 1.82) is 5.26 Å². The van der Waals surface area contributed by atoms with Gasteiger partial charge in [-0.05, 0) is 13.0 Å². The number of ether oxygens (including phenoxy) is 2. The van der Waals surface area contributed by atoms with E-state index in [1.807, 2.05) is 6.92 Å². The first-order valence-corrected chi connectivity index (χ1v) is 5.12. The minimum atomic E-state index is -0.499. The zero-order valence-electron chi connectivity index (χ0n) is 9.20. The summed E-state index contributed by atoms with van der Waals surface area (Å²) in [6, 6.07) is 6.48. The van der Waals surface area contributed by atoms with E-state index in [1.165, 1.54) is 6.07 Å². The lowest BCUT2D eigenvalue weighted by Crippen LogP contribution is -2.05. The van der Waals surface area contributed by atoms with Crippen LogP contribution in [0, 0.1) is 17.1 Å². The predicted octanol–water partition coefficient (Wildman–Crippen LogP) is 2.25. The zero-order chi connectivity index (χ0) is 11.8. The third-order valence-corrected chi connectivity index (χ3v) is 2.03. The Morgan fingerprint density at radius 2 is 2.06 bits per heavy atom. The largest absolute Gasteiger partial charge is 0.379 e. The van der Waals surface area contributed by atoms with Crippen molar-refractivity contribution in [2.75, 3.05) is 19.8 Å². The molecule has 0 aliphatic carbocycles.